The molecule has 0 fully saturated rings. The number of hydrogen-bond acceptors (Lipinski definition) is 2. The molecule has 0 atom stereocenters. The Balaban J connectivity index is 2.49. The van der Waals surface area contributed by atoms with Gasteiger partial charge in [-0.25, -0.2) is 4.39 Å². The minimum absolute atomic E-state index is 0.274. The highest BCUT2D eigenvalue weighted by Crippen LogP contribution is 2.27. The molecule has 1 aromatic carbocycles. The zero-order valence-corrected chi connectivity index (χ0v) is 10.4. The lowest BCUT2D eigenvalue weighted by Gasteiger charge is -2.06. The maximum atomic E-state index is 13.2. The van der Waals surface area contributed by atoms with E-state index in [4.69, 9.17) is 0 Å². The molecule has 1 aromatic heterocycles. The summed E-state index contributed by atoms with van der Waals surface area (Å²) in [7, 11) is 0. The summed E-state index contributed by atoms with van der Waals surface area (Å²) in [5.74, 6) is 0.414. The van der Waals surface area contributed by atoms with Crippen LogP contribution >= 0.6 is 15.9 Å². The van der Waals surface area contributed by atoms with Crippen LogP contribution in [0.25, 0.3) is 11.4 Å². The lowest BCUT2D eigenvalue weighted by molar-refractivity contribution is 0.627. The molecule has 0 radical (unpaired) electrons. The van der Waals surface area contributed by atoms with Crippen LogP contribution in [0.3, 0.4) is 0 Å². The Morgan fingerprint density at radius 2 is 2.25 bits per heavy atom. The second kappa shape index (κ2) is 4.74. The molecular weight excluding hydrogens is 273 g/mol. The van der Waals surface area contributed by atoms with Gasteiger partial charge in [0.1, 0.15) is 12.1 Å². The van der Waals surface area contributed by atoms with Gasteiger partial charge in [-0.15, -0.1) is 10.2 Å². The van der Waals surface area contributed by atoms with Crippen LogP contribution in [0.5, 0.6) is 0 Å². The van der Waals surface area contributed by atoms with Crippen LogP contribution in [-0.4, -0.2) is 14.8 Å². The van der Waals surface area contributed by atoms with Gasteiger partial charge in [-0.1, -0.05) is 22.9 Å². The lowest BCUT2D eigenvalue weighted by atomic mass is 10.2. The lowest BCUT2D eigenvalue weighted by Crippen LogP contribution is -1.99. The van der Waals surface area contributed by atoms with E-state index < -0.39 is 0 Å². The van der Waals surface area contributed by atoms with Crippen molar-refractivity contribution in [2.24, 2.45) is 0 Å². The molecule has 1 heterocycles. The van der Waals surface area contributed by atoms with Crippen molar-refractivity contribution in [3.63, 3.8) is 0 Å². The molecule has 0 bridgehead atoms. The van der Waals surface area contributed by atoms with Crippen LogP contribution in [0.15, 0.2) is 29.0 Å². The predicted molar refractivity (Wildman–Crippen MR) is 63.4 cm³/mol. The molecule has 0 spiro atoms. The number of aromatic nitrogens is 3. The highest BCUT2D eigenvalue weighted by molar-refractivity contribution is 9.10. The van der Waals surface area contributed by atoms with Gasteiger partial charge in [0.05, 0.1) is 0 Å². The van der Waals surface area contributed by atoms with Gasteiger partial charge in [-0.3, -0.25) is 0 Å². The molecule has 0 N–H and O–H groups in total. The first-order valence-electron chi connectivity index (χ1n) is 5.05. The molecule has 2 aromatic rings. The van der Waals surface area contributed by atoms with Gasteiger partial charge < -0.3 is 4.57 Å². The first-order valence-corrected chi connectivity index (χ1v) is 5.85. The van der Waals surface area contributed by atoms with Gasteiger partial charge in [-0.2, -0.15) is 0 Å². The molecular formula is C11H11BrFN3. The third-order valence-corrected chi connectivity index (χ3v) is 2.94. The van der Waals surface area contributed by atoms with E-state index in [2.05, 4.69) is 33.1 Å². The van der Waals surface area contributed by atoms with Crippen molar-refractivity contribution < 1.29 is 4.39 Å². The monoisotopic (exact) mass is 283 g/mol. The summed E-state index contributed by atoms with van der Waals surface area (Å²) in [5, 5.41) is 7.88. The Labute approximate surface area is 101 Å². The van der Waals surface area contributed by atoms with Crippen molar-refractivity contribution in [2.45, 2.75) is 19.9 Å². The highest BCUT2D eigenvalue weighted by atomic mass is 79.9. The van der Waals surface area contributed by atoms with Crippen molar-refractivity contribution in [1.82, 2.24) is 14.8 Å². The van der Waals surface area contributed by atoms with E-state index in [9.17, 15) is 4.39 Å². The predicted octanol–water partition coefficient (Wildman–Crippen LogP) is 3.26. The minimum atomic E-state index is -0.274. The summed E-state index contributed by atoms with van der Waals surface area (Å²) < 4.78 is 15.9. The molecule has 0 aliphatic heterocycles. The number of aryl methyl sites for hydroxylation is 1. The maximum Gasteiger partial charge on any atom is 0.164 e. The summed E-state index contributed by atoms with van der Waals surface area (Å²) in [6.07, 6.45) is 2.65. The second-order valence-electron chi connectivity index (χ2n) is 3.47. The standard InChI is InChI=1S/C11H11BrFN3/c1-2-5-16-7-14-15-11(16)9-6-8(13)3-4-10(9)12/h3-4,6-7H,2,5H2,1H3. The molecule has 84 valence electrons. The fraction of sp³-hybridized carbons (Fsp3) is 0.273. The largest absolute Gasteiger partial charge is 0.314 e. The summed E-state index contributed by atoms with van der Waals surface area (Å²) in [4.78, 5) is 0. The summed E-state index contributed by atoms with van der Waals surface area (Å²) >= 11 is 3.39. The number of rotatable bonds is 3. The summed E-state index contributed by atoms with van der Waals surface area (Å²) in [6.45, 7) is 2.90. The van der Waals surface area contributed by atoms with E-state index in [0.717, 1.165) is 23.0 Å². The Morgan fingerprint density at radius 3 is 3.00 bits per heavy atom. The van der Waals surface area contributed by atoms with E-state index in [1.807, 2.05) is 4.57 Å². The Morgan fingerprint density at radius 1 is 1.44 bits per heavy atom. The summed E-state index contributed by atoms with van der Waals surface area (Å²) in [5.41, 5.74) is 0.728. The average molecular weight is 284 g/mol. The van der Waals surface area contributed by atoms with Crippen LogP contribution in [0.1, 0.15) is 13.3 Å². The number of hydrogen-bond donors (Lipinski definition) is 0. The van der Waals surface area contributed by atoms with E-state index in [-0.39, 0.29) is 5.82 Å². The molecule has 2 rings (SSSR count). The third-order valence-electron chi connectivity index (χ3n) is 2.25. The van der Waals surface area contributed by atoms with Crippen LogP contribution in [0, 0.1) is 5.82 Å². The Bertz CT molecular complexity index is 496. The zero-order valence-electron chi connectivity index (χ0n) is 8.82. The SMILES string of the molecule is CCCn1cnnc1-c1cc(F)ccc1Br. The van der Waals surface area contributed by atoms with Crippen LogP contribution < -0.4 is 0 Å². The van der Waals surface area contributed by atoms with E-state index in [1.54, 1.807) is 12.4 Å². The highest BCUT2D eigenvalue weighted by Gasteiger charge is 2.11. The van der Waals surface area contributed by atoms with Crippen molar-refractivity contribution in [3.05, 3.63) is 34.8 Å². The topological polar surface area (TPSA) is 30.7 Å². The fourth-order valence-corrected chi connectivity index (χ4v) is 1.96. The second-order valence-corrected chi connectivity index (χ2v) is 4.33. The van der Waals surface area contributed by atoms with Gasteiger partial charge in [0.15, 0.2) is 5.82 Å². The van der Waals surface area contributed by atoms with Crippen LogP contribution in [0.2, 0.25) is 0 Å². The fourth-order valence-electron chi connectivity index (χ4n) is 1.54. The molecule has 0 aliphatic carbocycles. The Kier molecular flexibility index (Phi) is 3.33. The number of halogens is 2. The zero-order chi connectivity index (χ0) is 11.5. The van der Waals surface area contributed by atoms with Gasteiger partial charge in [0.25, 0.3) is 0 Å². The maximum absolute atomic E-state index is 13.2. The van der Waals surface area contributed by atoms with Gasteiger partial charge >= 0.3 is 0 Å². The molecule has 3 nitrogen and oxygen atoms in total. The summed E-state index contributed by atoms with van der Waals surface area (Å²) in [6, 6.07) is 4.55. The van der Waals surface area contributed by atoms with Crippen LogP contribution in [-0.2, 0) is 6.54 Å². The van der Waals surface area contributed by atoms with Gasteiger partial charge in [-0.05, 0) is 24.6 Å². The molecule has 0 unspecified atom stereocenters. The van der Waals surface area contributed by atoms with Gasteiger partial charge in [0, 0.05) is 16.6 Å². The molecule has 0 saturated carbocycles. The van der Waals surface area contributed by atoms with Crippen molar-refractivity contribution in [3.8, 4) is 11.4 Å². The third kappa shape index (κ3) is 2.14. The van der Waals surface area contributed by atoms with Crippen molar-refractivity contribution in [1.29, 1.82) is 0 Å². The smallest absolute Gasteiger partial charge is 0.164 e. The minimum Gasteiger partial charge on any atom is -0.314 e. The molecule has 0 saturated heterocycles. The quantitative estimate of drug-likeness (QED) is 0.866. The molecule has 16 heavy (non-hydrogen) atoms. The molecule has 5 heteroatoms. The normalized spacial score (nSPS) is 10.7. The first kappa shape index (κ1) is 11.3. The van der Waals surface area contributed by atoms with E-state index in [1.165, 1.54) is 12.1 Å². The average Bonchev–Trinajstić information content (AvgIpc) is 2.70. The molecule has 0 amide bonds. The van der Waals surface area contributed by atoms with Crippen molar-refractivity contribution >= 4 is 15.9 Å². The van der Waals surface area contributed by atoms with Crippen LogP contribution in [0.4, 0.5) is 4.39 Å². The first-order chi connectivity index (χ1) is 7.72. The van der Waals surface area contributed by atoms with Gasteiger partial charge in [0.2, 0.25) is 0 Å². The van der Waals surface area contributed by atoms with E-state index >= 15 is 0 Å². The van der Waals surface area contributed by atoms with E-state index in [0.29, 0.717) is 5.82 Å². The molecule has 0 aliphatic rings. The van der Waals surface area contributed by atoms with Crippen molar-refractivity contribution in [2.75, 3.05) is 0 Å². The number of benzene rings is 1. The number of nitrogens with zero attached hydrogens (tertiary/aromatic N) is 3. The Hall–Kier alpha value is -1.23.